The third-order valence-corrected chi connectivity index (χ3v) is 2.58. The smallest absolute Gasteiger partial charge is 0.326 e. The van der Waals surface area contributed by atoms with Crippen molar-refractivity contribution in [3.05, 3.63) is 0 Å². The summed E-state index contributed by atoms with van der Waals surface area (Å²) in [5.74, 6) is -1.57. The van der Waals surface area contributed by atoms with Crippen LogP contribution < -0.4 is 5.32 Å². The molecule has 0 aromatic carbocycles. The topological polar surface area (TPSA) is 86.7 Å². The number of amides is 2. The van der Waals surface area contributed by atoms with Crippen LogP contribution in [0.4, 0.5) is 0 Å². The lowest BCUT2D eigenvalue weighted by molar-refractivity contribution is -0.149. The highest BCUT2D eigenvalue weighted by molar-refractivity contribution is 5.92. The number of carbonyl (C=O) groups excluding carboxylic acids is 2. The Morgan fingerprint density at radius 3 is 2.60 bits per heavy atom. The number of nitrogens with zero attached hydrogens (tertiary/aromatic N) is 1. The first-order valence-electron chi connectivity index (χ1n) is 4.72. The fourth-order valence-electron chi connectivity index (χ4n) is 1.40. The highest BCUT2D eigenvalue weighted by atomic mass is 16.4. The molecule has 1 unspecified atom stereocenters. The summed E-state index contributed by atoms with van der Waals surface area (Å²) in [6.45, 7) is 1.43. The van der Waals surface area contributed by atoms with Crippen LogP contribution in [0.1, 0.15) is 19.8 Å². The predicted molar refractivity (Wildman–Crippen MR) is 51.0 cm³/mol. The van der Waals surface area contributed by atoms with Gasteiger partial charge in [0, 0.05) is 13.5 Å². The SMILES string of the molecule is CC(C(=O)O)N(C)C(=O)[C@H]1CCC(=O)N1. The monoisotopic (exact) mass is 214 g/mol. The second kappa shape index (κ2) is 4.29. The summed E-state index contributed by atoms with van der Waals surface area (Å²) >= 11 is 0. The van der Waals surface area contributed by atoms with E-state index in [9.17, 15) is 14.4 Å². The Morgan fingerprint density at radius 1 is 1.60 bits per heavy atom. The Bertz CT molecular complexity index is 302. The highest BCUT2D eigenvalue weighted by Gasteiger charge is 2.32. The van der Waals surface area contributed by atoms with E-state index in [4.69, 9.17) is 5.11 Å². The van der Waals surface area contributed by atoms with E-state index in [-0.39, 0.29) is 11.8 Å². The number of nitrogens with one attached hydrogen (secondary N) is 1. The molecule has 0 radical (unpaired) electrons. The Hall–Kier alpha value is -1.59. The van der Waals surface area contributed by atoms with Gasteiger partial charge in [0.05, 0.1) is 0 Å². The van der Waals surface area contributed by atoms with Crippen molar-refractivity contribution in [3.63, 3.8) is 0 Å². The Kier molecular flexibility index (Phi) is 3.28. The van der Waals surface area contributed by atoms with Crippen molar-refractivity contribution in [1.82, 2.24) is 10.2 Å². The van der Waals surface area contributed by atoms with Crippen LogP contribution in [0.15, 0.2) is 0 Å². The maximum absolute atomic E-state index is 11.7. The van der Waals surface area contributed by atoms with Crippen LogP contribution >= 0.6 is 0 Å². The van der Waals surface area contributed by atoms with Gasteiger partial charge in [-0.3, -0.25) is 9.59 Å². The van der Waals surface area contributed by atoms with Gasteiger partial charge in [0.1, 0.15) is 12.1 Å². The predicted octanol–water partition coefficient (Wildman–Crippen LogP) is -0.803. The zero-order valence-electron chi connectivity index (χ0n) is 8.69. The van der Waals surface area contributed by atoms with Crippen molar-refractivity contribution in [3.8, 4) is 0 Å². The molecule has 1 saturated heterocycles. The molecule has 1 fully saturated rings. The number of hydrogen-bond acceptors (Lipinski definition) is 3. The van der Waals surface area contributed by atoms with Crippen LogP contribution in [0.2, 0.25) is 0 Å². The molecule has 1 rings (SSSR count). The van der Waals surface area contributed by atoms with Crippen molar-refractivity contribution >= 4 is 17.8 Å². The van der Waals surface area contributed by atoms with Crippen LogP contribution in [0, 0.1) is 0 Å². The first kappa shape index (κ1) is 11.5. The molecule has 1 aliphatic rings. The molecule has 6 nitrogen and oxygen atoms in total. The van der Waals surface area contributed by atoms with Crippen molar-refractivity contribution < 1.29 is 19.5 Å². The van der Waals surface area contributed by atoms with Crippen molar-refractivity contribution in [1.29, 1.82) is 0 Å². The summed E-state index contributed by atoms with van der Waals surface area (Å²) in [7, 11) is 1.42. The van der Waals surface area contributed by atoms with Gasteiger partial charge in [-0.1, -0.05) is 0 Å². The zero-order valence-corrected chi connectivity index (χ0v) is 8.69. The molecule has 15 heavy (non-hydrogen) atoms. The van der Waals surface area contributed by atoms with Crippen LogP contribution in [0.25, 0.3) is 0 Å². The Morgan fingerprint density at radius 2 is 2.20 bits per heavy atom. The van der Waals surface area contributed by atoms with E-state index in [2.05, 4.69) is 5.32 Å². The normalized spacial score (nSPS) is 22.0. The average Bonchev–Trinajstić information content (AvgIpc) is 2.61. The quantitative estimate of drug-likeness (QED) is 0.643. The molecule has 1 heterocycles. The molecule has 0 spiro atoms. The molecule has 84 valence electrons. The minimum absolute atomic E-state index is 0.162. The number of carboxylic acid groups (broad SMARTS) is 1. The summed E-state index contributed by atoms with van der Waals surface area (Å²) in [6, 6.07) is -1.45. The fraction of sp³-hybridized carbons (Fsp3) is 0.667. The minimum Gasteiger partial charge on any atom is -0.480 e. The molecular weight excluding hydrogens is 200 g/mol. The molecule has 0 bridgehead atoms. The first-order valence-corrected chi connectivity index (χ1v) is 4.72. The maximum Gasteiger partial charge on any atom is 0.326 e. The summed E-state index contributed by atoms with van der Waals surface area (Å²) in [5, 5.41) is 11.2. The lowest BCUT2D eigenvalue weighted by Gasteiger charge is -2.24. The fourth-order valence-corrected chi connectivity index (χ4v) is 1.40. The van der Waals surface area contributed by atoms with Crippen LogP contribution in [0.5, 0.6) is 0 Å². The van der Waals surface area contributed by atoms with E-state index in [1.807, 2.05) is 0 Å². The summed E-state index contributed by atoms with van der Waals surface area (Å²) in [5.41, 5.74) is 0. The molecule has 0 aromatic heterocycles. The number of likely N-dealkylation sites (N-methyl/N-ethyl adjacent to an activating group) is 1. The van der Waals surface area contributed by atoms with Crippen LogP contribution in [-0.2, 0) is 14.4 Å². The van der Waals surface area contributed by atoms with E-state index in [0.29, 0.717) is 12.8 Å². The van der Waals surface area contributed by atoms with Crippen molar-refractivity contribution in [2.45, 2.75) is 31.8 Å². The van der Waals surface area contributed by atoms with Crippen LogP contribution in [0.3, 0.4) is 0 Å². The maximum atomic E-state index is 11.7. The van der Waals surface area contributed by atoms with E-state index in [1.54, 1.807) is 0 Å². The Labute approximate surface area is 87.2 Å². The second-order valence-electron chi connectivity index (χ2n) is 3.62. The first-order chi connectivity index (χ1) is 6.93. The van der Waals surface area contributed by atoms with E-state index in [1.165, 1.54) is 14.0 Å². The van der Waals surface area contributed by atoms with Crippen LogP contribution in [-0.4, -0.2) is 46.9 Å². The largest absolute Gasteiger partial charge is 0.480 e. The summed E-state index contributed by atoms with van der Waals surface area (Å²) < 4.78 is 0. The van der Waals surface area contributed by atoms with Gasteiger partial charge in [0.25, 0.3) is 0 Å². The van der Waals surface area contributed by atoms with E-state index < -0.39 is 18.1 Å². The molecule has 1 aliphatic heterocycles. The van der Waals surface area contributed by atoms with Gasteiger partial charge in [-0.15, -0.1) is 0 Å². The minimum atomic E-state index is -1.06. The lowest BCUT2D eigenvalue weighted by Crippen LogP contribution is -2.48. The molecule has 2 N–H and O–H groups in total. The van der Waals surface area contributed by atoms with Gasteiger partial charge in [0.15, 0.2) is 0 Å². The van der Waals surface area contributed by atoms with Gasteiger partial charge in [0.2, 0.25) is 11.8 Å². The molecular formula is C9H14N2O4. The van der Waals surface area contributed by atoms with Gasteiger partial charge in [-0.05, 0) is 13.3 Å². The molecule has 2 atom stereocenters. The highest BCUT2D eigenvalue weighted by Crippen LogP contribution is 2.10. The Balaban J connectivity index is 2.60. The molecule has 0 aromatic rings. The third-order valence-electron chi connectivity index (χ3n) is 2.58. The average molecular weight is 214 g/mol. The number of aliphatic carboxylic acids is 1. The molecule has 2 amide bonds. The number of carbonyl (C=O) groups is 3. The van der Waals surface area contributed by atoms with Crippen molar-refractivity contribution in [2.75, 3.05) is 7.05 Å². The van der Waals surface area contributed by atoms with Gasteiger partial charge in [-0.2, -0.15) is 0 Å². The number of rotatable bonds is 3. The lowest BCUT2D eigenvalue weighted by atomic mass is 10.2. The van der Waals surface area contributed by atoms with Crippen molar-refractivity contribution in [2.24, 2.45) is 0 Å². The number of carboxylic acids is 1. The second-order valence-corrected chi connectivity index (χ2v) is 3.62. The van der Waals surface area contributed by atoms with Gasteiger partial charge < -0.3 is 15.3 Å². The van der Waals surface area contributed by atoms with Gasteiger partial charge >= 0.3 is 5.97 Å². The third kappa shape index (κ3) is 2.45. The van der Waals surface area contributed by atoms with E-state index in [0.717, 1.165) is 4.90 Å². The molecule has 0 aliphatic carbocycles. The molecule has 0 saturated carbocycles. The summed E-state index contributed by atoms with van der Waals surface area (Å²) in [6.07, 6.45) is 0.764. The standard InChI is InChI=1S/C9H14N2O4/c1-5(9(14)15)11(2)8(13)6-3-4-7(12)10-6/h5-6H,3-4H2,1-2H3,(H,10,12)(H,14,15)/t5?,6-/m1/s1. The van der Waals surface area contributed by atoms with E-state index >= 15 is 0 Å². The number of hydrogen-bond donors (Lipinski definition) is 2. The zero-order chi connectivity index (χ0) is 11.6. The molecule has 6 heteroatoms. The van der Waals surface area contributed by atoms with Gasteiger partial charge in [-0.25, -0.2) is 4.79 Å². The summed E-state index contributed by atoms with van der Waals surface area (Å²) in [4.78, 5) is 34.4.